The maximum absolute atomic E-state index is 12.8. The van der Waals surface area contributed by atoms with Crippen LogP contribution in [0, 0.1) is 13.8 Å². The molecule has 0 amide bonds. The van der Waals surface area contributed by atoms with Gasteiger partial charge in [0.2, 0.25) is 0 Å². The SMILES string of the molecule is CCN(c1ccccc1N)S(=O)(=O)c1c(C)n[nH]c1C. The molecule has 0 aliphatic carbocycles. The van der Waals surface area contributed by atoms with Crippen molar-refractivity contribution in [2.45, 2.75) is 25.7 Å². The second kappa shape index (κ2) is 5.16. The molecule has 0 spiro atoms. The molecular weight excluding hydrogens is 276 g/mol. The Morgan fingerprint density at radius 3 is 2.45 bits per heavy atom. The molecular formula is C13H18N4O2S. The normalized spacial score (nSPS) is 11.6. The number of nitrogens with zero attached hydrogens (tertiary/aromatic N) is 2. The van der Waals surface area contributed by atoms with E-state index in [9.17, 15) is 8.42 Å². The molecule has 0 aliphatic heterocycles. The van der Waals surface area contributed by atoms with Crippen LogP contribution in [0.5, 0.6) is 0 Å². The zero-order valence-electron chi connectivity index (χ0n) is 11.7. The van der Waals surface area contributed by atoms with Crippen LogP contribution in [0.15, 0.2) is 29.2 Å². The summed E-state index contributed by atoms with van der Waals surface area (Å²) in [5.41, 5.74) is 7.78. The summed E-state index contributed by atoms with van der Waals surface area (Å²) in [6.07, 6.45) is 0. The van der Waals surface area contributed by atoms with E-state index in [0.717, 1.165) is 0 Å². The number of aromatic nitrogens is 2. The van der Waals surface area contributed by atoms with E-state index >= 15 is 0 Å². The lowest BCUT2D eigenvalue weighted by Gasteiger charge is -2.24. The number of hydrogen-bond donors (Lipinski definition) is 2. The number of aryl methyl sites for hydroxylation is 2. The van der Waals surface area contributed by atoms with E-state index in [2.05, 4.69) is 10.2 Å². The molecule has 0 bridgehead atoms. The Kier molecular flexibility index (Phi) is 3.71. The number of nitrogens with two attached hydrogens (primary N) is 1. The van der Waals surface area contributed by atoms with Gasteiger partial charge in [-0.25, -0.2) is 8.42 Å². The highest BCUT2D eigenvalue weighted by molar-refractivity contribution is 7.93. The number of sulfonamides is 1. The van der Waals surface area contributed by atoms with Crippen molar-refractivity contribution in [2.24, 2.45) is 0 Å². The van der Waals surface area contributed by atoms with E-state index in [1.807, 2.05) is 0 Å². The molecule has 0 saturated heterocycles. The van der Waals surface area contributed by atoms with Gasteiger partial charge in [0, 0.05) is 6.54 Å². The third kappa shape index (κ3) is 2.24. The number of aromatic amines is 1. The lowest BCUT2D eigenvalue weighted by molar-refractivity contribution is 0.591. The highest BCUT2D eigenvalue weighted by Crippen LogP contribution is 2.30. The Bertz CT molecular complexity index is 702. The summed E-state index contributed by atoms with van der Waals surface area (Å²) < 4.78 is 27.0. The number of anilines is 2. The first-order valence-electron chi connectivity index (χ1n) is 6.28. The third-order valence-electron chi connectivity index (χ3n) is 3.10. The summed E-state index contributed by atoms with van der Waals surface area (Å²) in [4.78, 5) is 0.211. The standard InChI is InChI=1S/C13H18N4O2S/c1-4-17(12-8-6-5-7-11(12)14)20(18,19)13-9(2)15-16-10(13)3/h5-8H,4,14H2,1-3H3,(H,15,16). The zero-order valence-corrected chi connectivity index (χ0v) is 12.5. The van der Waals surface area contributed by atoms with Crippen LogP contribution in [0.25, 0.3) is 0 Å². The maximum Gasteiger partial charge on any atom is 0.268 e. The molecule has 0 fully saturated rings. The van der Waals surface area contributed by atoms with Gasteiger partial charge in [-0.15, -0.1) is 0 Å². The molecule has 7 heteroatoms. The fourth-order valence-electron chi connectivity index (χ4n) is 2.22. The summed E-state index contributed by atoms with van der Waals surface area (Å²) in [6, 6.07) is 6.91. The van der Waals surface area contributed by atoms with Gasteiger partial charge in [0.1, 0.15) is 4.90 Å². The molecule has 108 valence electrons. The number of nitrogen functional groups attached to an aromatic ring is 1. The van der Waals surface area contributed by atoms with E-state index in [1.54, 1.807) is 45.0 Å². The van der Waals surface area contributed by atoms with Gasteiger partial charge in [-0.3, -0.25) is 9.40 Å². The Morgan fingerprint density at radius 2 is 1.95 bits per heavy atom. The van der Waals surface area contributed by atoms with Gasteiger partial charge in [-0.05, 0) is 32.9 Å². The average Bonchev–Trinajstić information content (AvgIpc) is 2.72. The smallest absolute Gasteiger partial charge is 0.268 e. The molecule has 1 aromatic heterocycles. The fraction of sp³-hybridized carbons (Fsp3) is 0.308. The van der Waals surface area contributed by atoms with Crippen LogP contribution in [0.4, 0.5) is 11.4 Å². The topological polar surface area (TPSA) is 92.1 Å². The molecule has 0 radical (unpaired) electrons. The van der Waals surface area contributed by atoms with Crippen molar-refractivity contribution in [1.29, 1.82) is 0 Å². The molecule has 3 N–H and O–H groups in total. The number of nitrogens with one attached hydrogen (secondary N) is 1. The van der Waals surface area contributed by atoms with E-state index in [-0.39, 0.29) is 4.90 Å². The predicted octanol–water partition coefficient (Wildman–Crippen LogP) is 1.82. The predicted molar refractivity (Wildman–Crippen MR) is 79.1 cm³/mol. The highest BCUT2D eigenvalue weighted by atomic mass is 32.2. The average molecular weight is 294 g/mol. The molecule has 0 atom stereocenters. The summed E-state index contributed by atoms with van der Waals surface area (Å²) >= 11 is 0. The van der Waals surface area contributed by atoms with Gasteiger partial charge >= 0.3 is 0 Å². The number of benzene rings is 1. The molecule has 2 rings (SSSR count). The van der Waals surface area contributed by atoms with E-state index in [4.69, 9.17) is 5.73 Å². The quantitative estimate of drug-likeness (QED) is 0.841. The van der Waals surface area contributed by atoms with Crippen LogP contribution in [-0.4, -0.2) is 25.2 Å². The van der Waals surface area contributed by atoms with Crippen molar-refractivity contribution in [3.8, 4) is 0 Å². The Labute approximate surface area is 118 Å². The first-order valence-corrected chi connectivity index (χ1v) is 7.72. The van der Waals surface area contributed by atoms with Crippen LogP contribution < -0.4 is 10.0 Å². The van der Waals surface area contributed by atoms with Gasteiger partial charge in [-0.2, -0.15) is 5.10 Å². The van der Waals surface area contributed by atoms with Gasteiger partial charge in [0.05, 0.1) is 22.8 Å². The first kappa shape index (κ1) is 14.4. The summed E-state index contributed by atoms with van der Waals surface area (Å²) in [6.45, 7) is 5.42. The molecule has 2 aromatic rings. The Hall–Kier alpha value is -2.02. The fourth-order valence-corrected chi connectivity index (χ4v) is 4.05. The number of para-hydroxylation sites is 2. The highest BCUT2D eigenvalue weighted by Gasteiger charge is 2.29. The lowest BCUT2D eigenvalue weighted by atomic mass is 10.3. The van der Waals surface area contributed by atoms with Crippen molar-refractivity contribution in [3.63, 3.8) is 0 Å². The summed E-state index contributed by atoms with van der Waals surface area (Å²) in [7, 11) is -3.69. The van der Waals surface area contributed by atoms with Crippen molar-refractivity contribution >= 4 is 21.4 Å². The van der Waals surface area contributed by atoms with Crippen LogP contribution in [0.3, 0.4) is 0 Å². The molecule has 0 saturated carbocycles. The molecule has 20 heavy (non-hydrogen) atoms. The number of hydrogen-bond acceptors (Lipinski definition) is 4. The summed E-state index contributed by atoms with van der Waals surface area (Å²) in [5.74, 6) is 0. The van der Waals surface area contributed by atoms with Crippen LogP contribution in [0.1, 0.15) is 18.3 Å². The molecule has 0 unspecified atom stereocenters. The van der Waals surface area contributed by atoms with Crippen molar-refractivity contribution < 1.29 is 8.42 Å². The second-order valence-corrected chi connectivity index (χ2v) is 6.29. The van der Waals surface area contributed by atoms with Crippen LogP contribution in [0.2, 0.25) is 0 Å². The number of H-pyrrole nitrogens is 1. The van der Waals surface area contributed by atoms with Crippen molar-refractivity contribution in [2.75, 3.05) is 16.6 Å². The third-order valence-corrected chi connectivity index (χ3v) is 5.25. The van der Waals surface area contributed by atoms with Gasteiger partial charge in [0.25, 0.3) is 10.0 Å². The monoisotopic (exact) mass is 294 g/mol. The van der Waals surface area contributed by atoms with Gasteiger partial charge in [-0.1, -0.05) is 12.1 Å². The van der Waals surface area contributed by atoms with E-state index in [0.29, 0.717) is 29.3 Å². The molecule has 1 heterocycles. The minimum Gasteiger partial charge on any atom is -0.397 e. The first-order chi connectivity index (χ1) is 9.39. The lowest BCUT2D eigenvalue weighted by Crippen LogP contribution is -2.32. The zero-order chi connectivity index (χ0) is 14.9. The minimum atomic E-state index is -3.69. The molecule has 6 nitrogen and oxygen atoms in total. The summed E-state index contributed by atoms with van der Waals surface area (Å²) in [5, 5.41) is 6.65. The van der Waals surface area contributed by atoms with E-state index in [1.165, 1.54) is 4.31 Å². The van der Waals surface area contributed by atoms with Crippen LogP contribution in [-0.2, 0) is 10.0 Å². The van der Waals surface area contributed by atoms with Crippen molar-refractivity contribution in [1.82, 2.24) is 10.2 Å². The molecule has 1 aromatic carbocycles. The second-order valence-electron chi connectivity index (χ2n) is 4.49. The number of rotatable bonds is 4. The Morgan fingerprint density at radius 1 is 1.30 bits per heavy atom. The van der Waals surface area contributed by atoms with Gasteiger partial charge < -0.3 is 5.73 Å². The van der Waals surface area contributed by atoms with E-state index < -0.39 is 10.0 Å². The van der Waals surface area contributed by atoms with Crippen LogP contribution >= 0.6 is 0 Å². The largest absolute Gasteiger partial charge is 0.397 e. The maximum atomic E-state index is 12.8. The Balaban J connectivity index is 2.60. The minimum absolute atomic E-state index is 0.211. The molecule has 0 aliphatic rings. The van der Waals surface area contributed by atoms with Crippen molar-refractivity contribution in [3.05, 3.63) is 35.7 Å². The van der Waals surface area contributed by atoms with Gasteiger partial charge in [0.15, 0.2) is 0 Å².